The molecule has 118 valence electrons. The van der Waals surface area contributed by atoms with Gasteiger partial charge in [0.15, 0.2) is 0 Å². The standard InChI is InChI=1S/C19H14FN3O/c1-11-14(12-6-2-4-8-15(12)20)10-17(23-22-11)18-13-7-3-5-9-16(13)21-19(18)24/h2-10,18H,1H3,(H,21,24). The van der Waals surface area contributed by atoms with Crippen LogP contribution in [0.4, 0.5) is 10.1 Å². The summed E-state index contributed by atoms with van der Waals surface area (Å²) in [6, 6.07) is 15.8. The molecule has 0 saturated carbocycles. The van der Waals surface area contributed by atoms with Gasteiger partial charge in [-0.25, -0.2) is 4.39 Å². The number of benzene rings is 2. The number of aryl methyl sites for hydroxylation is 1. The number of nitrogens with zero attached hydrogens (tertiary/aromatic N) is 2. The van der Waals surface area contributed by atoms with E-state index in [1.807, 2.05) is 24.3 Å². The van der Waals surface area contributed by atoms with E-state index in [-0.39, 0.29) is 11.7 Å². The lowest BCUT2D eigenvalue weighted by Crippen LogP contribution is -2.15. The van der Waals surface area contributed by atoms with E-state index in [2.05, 4.69) is 15.5 Å². The van der Waals surface area contributed by atoms with E-state index in [0.717, 1.165) is 11.3 Å². The molecule has 1 aliphatic rings. The fourth-order valence-corrected chi connectivity index (χ4v) is 3.06. The number of carbonyl (C=O) groups excluding carboxylic acids is 1. The monoisotopic (exact) mass is 319 g/mol. The summed E-state index contributed by atoms with van der Waals surface area (Å²) in [5.41, 5.74) is 3.88. The van der Waals surface area contributed by atoms with Gasteiger partial charge in [-0.05, 0) is 30.7 Å². The summed E-state index contributed by atoms with van der Waals surface area (Å²) in [5.74, 6) is -0.996. The predicted molar refractivity (Wildman–Crippen MR) is 89.1 cm³/mol. The first-order valence-corrected chi connectivity index (χ1v) is 7.64. The zero-order chi connectivity index (χ0) is 16.7. The molecule has 1 amide bonds. The zero-order valence-corrected chi connectivity index (χ0v) is 13.0. The summed E-state index contributed by atoms with van der Waals surface area (Å²) in [7, 11) is 0. The van der Waals surface area contributed by atoms with Gasteiger partial charge in [-0.2, -0.15) is 10.2 Å². The van der Waals surface area contributed by atoms with Crippen molar-refractivity contribution in [2.45, 2.75) is 12.8 Å². The van der Waals surface area contributed by atoms with Crippen LogP contribution in [0.25, 0.3) is 11.1 Å². The van der Waals surface area contributed by atoms with Crippen LogP contribution in [0.15, 0.2) is 54.6 Å². The first-order chi connectivity index (χ1) is 11.6. The van der Waals surface area contributed by atoms with Crippen molar-refractivity contribution in [1.29, 1.82) is 0 Å². The van der Waals surface area contributed by atoms with E-state index in [1.165, 1.54) is 6.07 Å². The third-order valence-electron chi connectivity index (χ3n) is 4.25. The van der Waals surface area contributed by atoms with Crippen molar-refractivity contribution in [2.24, 2.45) is 0 Å². The maximum atomic E-state index is 14.2. The number of hydrogen-bond donors (Lipinski definition) is 1. The van der Waals surface area contributed by atoms with Crippen LogP contribution in [0, 0.1) is 12.7 Å². The smallest absolute Gasteiger partial charge is 0.238 e. The molecule has 0 saturated heterocycles. The fourth-order valence-electron chi connectivity index (χ4n) is 3.06. The van der Waals surface area contributed by atoms with Crippen LogP contribution in [0.2, 0.25) is 0 Å². The van der Waals surface area contributed by atoms with Crippen molar-refractivity contribution in [3.63, 3.8) is 0 Å². The Kier molecular flexibility index (Phi) is 3.34. The number of hydrogen-bond acceptors (Lipinski definition) is 3. The van der Waals surface area contributed by atoms with Crippen LogP contribution in [0.1, 0.15) is 22.9 Å². The lowest BCUT2D eigenvalue weighted by atomic mass is 9.94. The molecule has 1 atom stereocenters. The van der Waals surface area contributed by atoms with Gasteiger partial charge in [-0.3, -0.25) is 4.79 Å². The van der Waals surface area contributed by atoms with Gasteiger partial charge < -0.3 is 5.32 Å². The highest BCUT2D eigenvalue weighted by atomic mass is 19.1. The summed E-state index contributed by atoms with van der Waals surface area (Å²) in [4.78, 5) is 12.4. The van der Waals surface area contributed by atoms with E-state index in [4.69, 9.17) is 0 Å². The van der Waals surface area contributed by atoms with Crippen LogP contribution in [0.5, 0.6) is 0 Å². The number of para-hydroxylation sites is 1. The number of amides is 1. The molecule has 0 bridgehead atoms. The second-order valence-corrected chi connectivity index (χ2v) is 5.76. The number of halogens is 1. The quantitative estimate of drug-likeness (QED) is 0.784. The van der Waals surface area contributed by atoms with Crippen molar-refractivity contribution >= 4 is 11.6 Å². The molecule has 4 rings (SSSR count). The van der Waals surface area contributed by atoms with E-state index in [9.17, 15) is 9.18 Å². The molecule has 1 N–H and O–H groups in total. The molecule has 24 heavy (non-hydrogen) atoms. The highest BCUT2D eigenvalue weighted by molar-refractivity contribution is 6.04. The summed E-state index contributed by atoms with van der Waals surface area (Å²) in [5, 5.41) is 11.2. The normalized spacial score (nSPS) is 15.9. The van der Waals surface area contributed by atoms with Gasteiger partial charge in [0.1, 0.15) is 11.7 Å². The first-order valence-electron chi connectivity index (χ1n) is 7.64. The van der Waals surface area contributed by atoms with E-state index < -0.39 is 5.92 Å². The molecule has 1 aliphatic heterocycles. The van der Waals surface area contributed by atoms with Crippen molar-refractivity contribution in [3.05, 3.63) is 77.4 Å². The Labute approximate surface area is 138 Å². The van der Waals surface area contributed by atoms with Crippen LogP contribution in [-0.4, -0.2) is 16.1 Å². The summed E-state index contributed by atoms with van der Waals surface area (Å²) in [6.45, 7) is 1.78. The average Bonchev–Trinajstić information content (AvgIpc) is 2.92. The molecule has 0 aliphatic carbocycles. The Morgan fingerprint density at radius 2 is 1.75 bits per heavy atom. The summed E-state index contributed by atoms with van der Waals surface area (Å²) < 4.78 is 14.2. The minimum Gasteiger partial charge on any atom is -0.325 e. The predicted octanol–water partition coefficient (Wildman–Crippen LogP) is 3.68. The molecular weight excluding hydrogens is 305 g/mol. The molecule has 0 radical (unpaired) electrons. The lowest BCUT2D eigenvalue weighted by Gasteiger charge is -2.12. The van der Waals surface area contributed by atoms with E-state index in [1.54, 1.807) is 31.2 Å². The average molecular weight is 319 g/mol. The number of rotatable bonds is 2. The third-order valence-corrected chi connectivity index (χ3v) is 4.25. The summed E-state index contributed by atoms with van der Waals surface area (Å²) >= 11 is 0. The molecule has 5 heteroatoms. The molecular formula is C19H14FN3O. The second kappa shape index (κ2) is 5.53. The van der Waals surface area contributed by atoms with Gasteiger partial charge in [-0.15, -0.1) is 0 Å². The number of fused-ring (bicyclic) bond motifs is 1. The van der Waals surface area contributed by atoms with Crippen molar-refractivity contribution in [3.8, 4) is 11.1 Å². The SMILES string of the molecule is Cc1nnc(C2C(=O)Nc3ccccc32)cc1-c1ccccc1F. The van der Waals surface area contributed by atoms with Crippen molar-refractivity contribution < 1.29 is 9.18 Å². The molecule has 1 unspecified atom stereocenters. The topological polar surface area (TPSA) is 54.9 Å². The van der Waals surface area contributed by atoms with Gasteiger partial charge in [0.05, 0.1) is 11.4 Å². The van der Waals surface area contributed by atoms with Gasteiger partial charge in [-0.1, -0.05) is 36.4 Å². The maximum Gasteiger partial charge on any atom is 0.238 e. The largest absolute Gasteiger partial charge is 0.325 e. The number of nitrogens with one attached hydrogen (secondary N) is 1. The zero-order valence-electron chi connectivity index (χ0n) is 13.0. The Morgan fingerprint density at radius 3 is 2.58 bits per heavy atom. The maximum absolute atomic E-state index is 14.2. The molecule has 0 fully saturated rings. The van der Waals surface area contributed by atoms with Crippen LogP contribution >= 0.6 is 0 Å². The number of anilines is 1. The Balaban J connectivity index is 1.86. The van der Waals surface area contributed by atoms with Crippen molar-refractivity contribution in [2.75, 3.05) is 5.32 Å². The molecule has 2 heterocycles. The number of aromatic nitrogens is 2. The number of carbonyl (C=O) groups is 1. The van der Waals surface area contributed by atoms with Gasteiger partial charge >= 0.3 is 0 Å². The fraction of sp³-hybridized carbons (Fsp3) is 0.105. The van der Waals surface area contributed by atoms with Crippen LogP contribution in [-0.2, 0) is 4.79 Å². The molecule has 0 spiro atoms. The highest BCUT2D eigenvalue weighted by Gasteiger charge is 2.33. The van der Waals surface area contributed by atoms with E-state index in [0.29, 0.717) is 22.5 Å². The first kappa shape index (κ1) is 14.5. The second-order valence-electron chi connectivity index (χ2n) is 5.76. The van der Waals surface area contributed by atoms with Gasteiger partial charge in [0.2, 0.25) is 5.91 Å². The van der Waals surface area contributed by atoms with Crippen LogP contribution < -0.4 is 5.32 Å². The van der Waals surface area contributed by atoms with Crippen molar-refractivity contribution in [1.82, 2.24) is 10.2 Å². The lowest BCUT2D eigenvalue weighted by molar-refractivity contribution is -0.116. The Morgan fingerprint density at radius 1 is 1.00 bits per heavy atom. The molecule has 4 nitrogen and oxygen atoms in total. The molecule has 3 aromatic rings. The van der Waals surface area contributed by atoms with E-state index >= 15 is 0 Å². The minimum atomic E-state index is -0.528. The van der Waals surface area contributed by atoms with Gasteiger partial charge in [0, 0.05) is 16.8 Å². The minimum absolute atomic E-state index is 0.145. The van der Waals surface area contributed by atoms with Gasteiger partial charge in [0.25, 0.3) is 0 Å². The third kappa shape index (κ3) is 2.25. The molecule has 2 aromatic carbocycles. The van der Waals surface area contributed by atoms with Crippen LogP contribution in [0.3, 0.4) is 0 Å². The Hall–Kier alpha value is -3.08. The highest BCUT2D eigenvalue weighted by Crippen LogP contribution is 2.37. The summed E-state index contributed by atoms with van der Waals surface area (Å²) in [6.07, 6.45) is 0. The molecule has 1 aromatic heterocycles. The Bertz CT molecular complexity index is 955.